The second-order valence-electron chi connectivity index (χ2n) is 5.76. The molecule has 0 unspecified atom stereocenters. The second kappa shape index (κ2) is 6.67. The standard InChI is InChI=1S/C18H16N2O4S/c1-12-6-7-13(11-19)10-16(12)25(22,23)20-18(21)17-15-5-3-2-4-14(15)8-9-24-17/h2-7,10,17H,8-9H2,1H3,(H,20,21)/t17-/m0/s1. The van der Waals surface area contributed by atoms with Gasteiger partial charge in [-0.1, -0.05) is 30.3 Å². The van der Waals surface area contributed by atoms with Crippen LogP contribution < -0.4 is 4.72 Å². The van der Waals surface area contributed by atoms with Crippen LogP contribution in [0.1, 0.15) is 28.4 Å². The van der Waals surface area contributed by atoms with E-state index in [-0.39, 0.29) is 10.5 Å². The largest absolute Gasteiger partial charge is 0.363 e. The lowest BCUT2D eigenvalue weighted by molar-refractivity contribution is -0.132. The molecule has 0 bridgehead atoms. The molecule has 1 amide bonds. The van der Waals surface area contributed by atoms with E-state index in [0.29, 0.717) is 24.2 Å². The highest BCUT2D eigenvalue weighted by atomic mass is 32.2. The summed E-state index contributed by atoms with van der Waals surface area (Å²) in [5, 5.41) is 8.96. The monoisotopic (exact) mass is 356 g/mol. The zero-order valence-corrected chi connectivity index (χ0v) is 14.3. The third-order valence-electron chi connectivity index (χ3n) is 4.07. The molecule has 7 heteroatoms. The summed E-state index contributed by atoms with van der Waals surface area (Å²) >= 11 is 0. The number of nitrogens with zero attached hydrogens (tertiary/aromatic N) is 1. The summed E-state index contributed by atoms with van der Waals surface area (Å²) in [6.45, 7) is 1.95. The molecule has 2 aromatic carbocycles. The molecule has 25 heavy (non-hydrogen) atoms. The first-order chi connectivity index (χ1) is 11.9. The quantitative estimate of drug-likeness (QED) is 0.907. The van der Waals surface area contributed by atoms with Gasteiger partial charge in [-0.25, -0.2) is 13.1 Å². The summed E-state index contributed by atoms with van der Waals surface area (Å²) in [5.74, 6) is -0.742. The number of fused-ring (bicyclic) bond motifs is 1. The lowest BCUT2D eigenvalue weighted by Gasteiger charge is -2.25. The van der Waals surface area contributed by atoms with Gasteiger partial charge in [0.15, 0.2) is 6.10 Å². The summed E-state index contributed by atoms with van der Waals surface area (Å²) in [5.41, 5.74) is 2.29. The summed E-state index contributed by atoms with van der Waals surface area (Å²) in [6, 6.07) is 13.5. The molecule has 0 aromatic heterocycles. The highest BCUT2D eigenvalue weighted by Gasteiger charge is 2.31. The van der Waals surface area contributed by atoms with Crippen molar-refractivity contribution in [3.05, 3.63) is 64.7 Å². The molecule has 0 saturated carbocycles. The number of carbonyl (C=O) groups is 1. The molecular formula is C18H16N2O4S. The lowest BCUT2D eigenvalue weighted by Crippen LogP contribution is -2.37. The van der Waals surface area contributed by atoms with Gasteiger partial charge in [0, 0.05) is 0 Å². The van der Waals surface area contributed by atoms with Crippen molar-refractivity contribution >= 4 is 15.9 Å². The van der Waals surface area contributed by atoms with E-state index >= 15 is 0 Å². The minimum absolute atomic E-state index is 0.0935. The van der Waals surface area contributed by atoms with Crippen molar-refractivity contribution in [3.8, 4) is 6.07 Å². The van der Waals surface area contributed by atoms with Crippen LogP contribution in [0.25, 0.3) is 0 Å². The van der Waals surface area contributed by atoms with Gasteiger partial charge in [0.1, 0.15) is 0 Å². The molecule has 1 aliphatic rings. The molecule has 6 nitrogen and oxygen atoms in total. The Kier molecular flexibility index (Phi) is 4.57. The molecule has 0 radical (unpaired) electrons. The second-order valence-corrected chi connectivity index (χ2v) is 7.41. The Hall–Kier alpha value is -2.69. The van der Waals surface area contributed by atoms with Crippen LogP contribution in [-0.2, 0) is 26.0 Å². The van der Waals surface area contributed by atoms with Crippen LogP contribution in [-0.4, -0.2) is 20.9 Å². The average molecular weight is 356 g/mol. The van der Waals surface area contributed by atoms with Crippen LogP contribution in [0, 0.1) is 18.3 Å². The Morgan fingerprint density at radius 1 is 1.28 bits per heavy atom. The third kappa shape index (κ3) is 3.40. The van der Waals surface area contributed by atoms with Crippen molar-refractivity contribution in [3.63, 3.8) is 0 Å². The molecule has 0 saturated heterocycles. The fraction of sp³-hybridized carbons (Fsp3) is 0.222. The van der Waals surface area contributed by atoms with Crippen molar-refractivity contribution in [2.45, 2.75) is 24.3 Å². The smallest absolute Gasteiger partial charge is 0.267 e. The van der Waals surface area contributed by atoms with Crippen LogP contribution in [0.2, 0.25) is 0 Å². The number of carbonyl (C=O) groups excluding carboxylic acids is 1. The molecule has 0 spiro atoms. The number of hydrogen-bond donors (Lipinski definition) is 1. The fourth-order valence-corrected chi connectivity index (χ4v) is 4.07. The molecule has 0 fully saturated rings. The summed E-state index contributed by atoms with van der Waals surface area (Å²) in [4.78, 5) is 12.4. The van der Waals surface area contributed by atoms with Gasteiger partial charge in [-0.15, -0.1) is 0 Å². The Labute approximate surface area is 146 Å². The maximum atomic E-state index is 12.6. The number of amides is 1. The maximum Gasteiger partial charge on any atom is 0.267 e. The molecule has 1 atom stereocenters. The predicted octanol–water partition coefficient (Wildman–Crippen LogP) is 1.99. The van der Waals surface area contributed by atoms with Gasteiger partial charge in [0.2, 0.25) is 0 Å². The Balaban J connectivity index is 1.90. The number of sulfonamides is 1. The van der Waals surface area contributed by atoms with Gasteiger partial charge >= 0.3 is 0 Å². The van der Waals surface area contributed by atoms with E-state index < -0.39 is 22.0 Å². The number of benzene rings is 2. The van der Waals surface area contributed by atoms with Gasteiger partial charge < -0.3 is 4.74 Å². The van der Waals surface area contributed by atoms with Gasteiger partial charge in [0.25, 0.3) is 15.9 Å². The predicted molar refractivity (Wildman–Crippen MR) is 90.1 cm³/mol. The van der Waals surface area contributed by atoms with E-state index in [9.17, 15) is 13.2 Å². The van der Waals surface area contributed by atoms with Gasteiger partial charge in [-0.2, -0.15) is 5.26 Å². The van der Waals surface area contributed by atoms with Crippen LogP contribution in [0.4, 0.5) is 0 Å². The maximum absolute atomic E-state index is 12.6. The average Bonchev–Trinajstić information content (AvgIpc) is 2.61. The first-order valence-corrected chi connectivity index (χ1v) is 9.17. The Morgan fingerprint density at radius 3 is 2.80 bits per heavy atom. The molecular weight excluding hydrogens is 340 g/mol. The van der Waals surface area contributed by atoms with Gasteiger partial charge in [0.05, 0.1) is 23.1 Å². The molecule has 1 aliphatic heterocycles. The molecule has 1 heterocycles. The first kappa shape index (κ1) is 17.1. The number of rotatable bonds is 3. The SMILES string of the molecule is Cc1ccc(C#N)cc1S(=O)(=O)NC(=O)[C@H]1OCCc2ccccc21. The van der Waals surface area contributed by atoms with E-state index in [0.717, 1.165) is 5.56 Å². The van der Waals surface area contributed by atoms with E-state index in [1.807, 2.05) is 18.2 Å². The van der Waals surface area contributed by atoms with Crippen LogP contribution >= 0.6 is 0 Å². The lowest BCUT2D eigenvalue weighted by atomic mass is 9.97. The minimum atomic E-state index is -4.11. The molecule has 0 aliphatic carbocycles. The minimum Gasteiger partial charge on any atom is -0.363 e. The first-order valence-electron chi connectivity index (χ1n) is 7.69. The normalized spacial score (nSPS) is 16.6. The number of nitriles is 1. The third-order valence-corrected chi connectivity index (χ3v) is 5.56. The zero-order valence-electron chi connectivity index (χ0n) is 13.5. The fourth-order valence-electron chi connectivity index (χ4n) is 2.81. The number of hydrogen-bond acceptors (Lipinski definition) is 5. The summed E-state index contributed by atoms with van der Waals surface area (Å²) < 4.78 is 32.7. The van der Waals surface area contributed by atoms with Crippen LogP contribution in [0.5, 0.6) is 0 Å². The summed E-state index contributed by atoms with van der Waals surface area (Å²) in [7, 11) is -4.11. The topological polar surface area (TPSA) is 96.3 Å². The van der Waals surface area contributed by atoms with E-state index in [1.54, 1.807) is 19.1 Å². The van der Waals surface area contributed by atoms with Crippen molar-refractivity contribution in [1.82, 2.24) is 4.72 Å². The number of aryl methyl sites for hydroxylation is 1. The van der Waals surface area contributed by atoms with E-state index in [4.69, 9.17) is 10.00 Å². The highest BCUT2D eigenvalue weighted by Crippen LogP contribution is 2.27. The zero-order chi connectivity index (χ0) is 18.0. The van der Waals surface area contributed by atoms with Gasteiger partial charge in [-0.05, 0) is 42.2 Å². The Bertz CT molecular complexity index is 977. The molecule has 3 rings (SSSR count). The van der Waals surface area contributed by atoms with E-state index in [2.05, 4.69) is 4.72 Å². The van der Waals surface area contributed by atoms with Crippen LogP contribution in [0.3, 0.4) is 0 Å². The summed E-state index contributed by atoms with van der Waals surface area (Å²) in [6.07, 6.45) is -0.296. The van der Waals surface area contributed by atoms with Crippen molar-refractivity contribution in [2.24, 2.45) is 0 Å². The molecule has 2 aromatic rings. The van der Waals surface area contributed by atoms with Crippen molar-refractivity contribution in [2.75, 3.05) is 6.61 Å². The Morgan fingerprint density at radius 2 is 2.04 bits per heavy atom. The van der Waals surface area contributed by atoms with Crippen LogP contribution in [0.15, 0.2) is 47.4 Å². The molecule has 128 valence electrons. The van der Waals surface area contributed by atoms with E-state index in [1.165, 1.54) is 18.2 Å². The highest BCUT2D eigenvalue weighted by molar-refractivity contribution is 7.90. The van der Waals surface area contributed by atoms with Crippen molar-refractivity contribution < 1.29 is 17.9 Å². The van der Waals surface area contributed by atoms with Gasteiger partial charge in [-0.3, -0.25) is 4.79 Å². The molecule has 1 N–H and O–H groups in total. The number of nitrogens with one attached hydrogen (secondary N) is 1. The number of ether oxygens (including phenoxy) is 1. The van der Waals surface area contributed by atoms with Crippen molar-refractivity contribution in [1.29, 1.82) is 5.26 Å².